The number of methoxy groups -OCH3 is 2. The van der Waals surface area contributed by atoms with E-state index >= 15 is 0 Å². The summed E-state index contributed by atoms with van der Waals surface area (Å²) in [5.41, 5.74) is 0.326. The van der Waals surface area contributed by atoms with Gasteiger partial charge in [0.2, 0.25) is 0 Å². The van der Waals surface area contributed by atoms with E-state index in [-0.39, 0.29) is 22.8 Å². The van der Waals surface area contributed by atoms with Gasteiger partial charge >= 0.3 is 5.97 Å². The van der Waals surface area contributed by atoms with Crippen molar-refractivity contribution in [3.05, 3.63) is 59.7 Å². The second-order valence-corrected chi connectivity index (χ2v) is 5.19. The molecule has 138 valence electrons. The molecule has 0 aliphatic rings. The number of carbonyl (C=O) groups is 2. The molecule has 0 radical (unpaired) electrons. The second kappa shape index (κ2) is 7.60. The number of para-hydroxylation sites is 1. The molecule has 0 fully saturated rings. The van der Waals surface area contributed by atoms with Crippen LogP contribution in [-0.2, 0) is 4.74 Å². The molecule has 0 aliphatic heterocycles. The summed E-state index contributed by atoms with van der Waals surface area (Å²) in [7, 11) is 2.37. The first-order valence-corrected chi connectivity index (χ1v) is 7.66. The van der Waals surface area contributed by atoms with E-state index in [0.29, 0.717) is 5.69 Å². The van der Waals surface area contributed by atoms with E-state index in [1.807, 2.05) is 6.07 Å². The molecule has 3 rings (SSSR count). The van der Waals surface area contributed by atoms with Gasteiger partial charge in [0.05, 0.1) is 25.5 Å². The summed E-state index contributed by atoms with van der Waals surface area (Å²) in [6.07, 6.45) is 0. The van der Waals surface area contributed by atoms with Gasteiger partial charge in [-0.05, 0) is 29.5 Å². The van der Waals surface area contributed by atoms with Crippen LogP contribution in [0.1, 0.15) is 21.0 Å². The van der Waals surface area contributed by atoms with Crippen molar-refractivity contribution in [3.8, 4) is 11.4 Å². The number of tetrazole rings is 1. The lowest BCUT2D eigenvalue weighted by atomic mass is 10.1. The van der Waals surface area contributed by atoms with Gasteiger partial charge in [-0.1, -0.05) is 18.2 Å². The van der Waals surface area contributed by atoms with Crippen LogP contribution in [0.2, 0.25) is 0 Å². The van der Waals surface area contributed by atoms with Crippen molar-refractivity contribution in [2.75, 3.05) is 19.5 Å². The number of benzene rings is 2. The molecular formula is C17H14FN5O4. The lowest BCUT2D eigenvalue weighted by Gasteiger charge is -2.13. The van der Waals surface area contributed by atoms with Gasteiger partial charge in [0.15, 0.2) is 11.6 Å². The molecule has 0 spiro atoms. The quantitative estimate of drug-likeness (QED) is 0.682. The number of ether oxygens (including phenoxy) is 2. The highest BCUT2D eigenvalue weighted by Gasteiger charge is 2.24. The third-order valence-corrected chi connectivity index (χ3v) is 3.56. The number of hydrogen-bond donors (Lipinski definition) is 1. The third-order valence-electron chi connectivity index (χ3n) is 3.56. The minimum atomic E-state index is -0.800. The summed E-state index contributed by atoms with van der Waals surface area (Å²) < 4.78 is 23.6. The fourth-order valence-electron chi connectivity index (χ4n) is 2.31. The first-order chi connectivity index (χ1) is 13.0. The van der Waals surface area contributed by atoms with Crippen LogP contribution in [0.3, 0.4) is 0 Å². The maximum Gasteiger partial charge on any atom is 0.340 e. The largest absolute Gasteiger partial charge is 0.492 e. The predicted octanol–water partition coefficient (Wildman–Crippen LogP) is 1.85. The molecule has 1 N–H and O–H groups in total. The first kappa shape index (κ1) is 18.0. The second-order valence-electron chi connectivity index (χ2n) is 5.19. The summed E-state index contributed by atoms with van der Waals surface area (Å²) in [5, 5.41) is 13.8. The molecule has 0 aliphatic carbocycles. The monoisotopic (exact) mass is 371 g/mol. The minimum Gasteiger partial charge on any atom is -0.492 e. The van der Waals surface area contributed by atoms with Gasteiger partial charge in [0.25, 0.3) is 11.7 Å². The highest BCUT2D eigenvalue weighted by molar-refractivity contribution is 6.07. The highest BCUT2D eigenvalue weighted by atomic mass is 19.1. The molecule has 0 saturated heterocycles. The molecule has 0 atom stereocenters. The topological polar surface area (TPSA) is 108 Å². The molecule has 1 heterocycles. The zero-order valence-electron chi connectivity index (χ0n) is 14.3. The van der Waals surface area contributed by atoms with Crippen LogP contribution in [-0.4, -0.2) is 46.3 Å². The summed E-state index contributed by atoms with van der Waals surface area (Å²) in [4.78, 5) is 25.6. The van der Waals surface area contributed by atoms with Crippen molar-refractivity contribution < 1.29 is 23.5 Å². The molecular weight excluding hydrogens is 357 g/mol. The summed E-state index contributed by atoms with van der Waals surface area (Å²) >= 11 is 0. The Bertz CT molecular complexity index is 990. The smallest absolute Gasteiger partial charge is 0.340 e. The normalized spacial score (nSPS) is 10.3. The third kappa shape index (κ3) is 3.59. The Morgan fingerprint density at radius 1 is 1.11 bits per heavy atom. The molecule has 2 aromatic carbocycles. The average molecular weight is 371 g/mol. The van der Waals surface area contributed by atoms with Crippen molar-refractivity contribution in [3.63, 3.8) is 0 Å². The van der Waals surface area contributed by atoms with E-state index in [1.165, 1.54) is 18.0 Å². The Balaban J connectivity index is 1.93. The zero-order valence-corrected chi connectivity index (χ0v) is 14.3. The van der Waals surface area contributed by atoms with Crippen LogP contribution >= 0.6 is 0 Å². The van der Waals surface area contributed by atoms with Crippen LogP contribution in [0.4, 0.5) is 10.1 Å². The molecule has 3 aromatic rings. The van der Waals surface area contributed by atoms with Crippen LogP contribution in [0.25, 0.3) is 5.69 Å². The van der Waals surface area contributed by atoms with E-state index in [4.69, 9.17) is 4.74 Å². The van der Waals surface area contributed by atoms with Crippen LogP contribution < -0.4 is 10.1 Å². The Labute approximate surface area is 152 Å². The highest BCUT2D eigenvalue weighted by Crippen LogP contribution is 2.32. The molecule has 0 unspecified atom stereocenters. The number of aromatic nitrogens is 4. The van der Waals surface area contributed by atoms with E-state index in [1.54, 1.807) is 24.3 Å². The molecule has 1 amide bonds. The Morgan fingerprint density at radius 2 is 1.85 bits per heavy atom. The van der Waals surface area contributed by atoms with Gasteiger partial charge in [-0.3, -0.25) is 4.79 Å². The number of carbonyl (C=O) groups excluding carboxylic acids is 2. The maximum atomic E-state index is 14.0. The Kier molecular flexibility index (Phi) is 5.06. The van der Waals surface area contributed by atoms with Crippen molar-refractivity contribution in [2.24, 2.45) is 0 Å². The van der Waals surface area contributed by atoms with Crippen molar-refractivity contribution >= 4 is 17.6 Å². The van der Waals surface area contributed by atoms with E-state index < -0.39 is 17.7 Å². The average Bonchev–Trinajstić information content (AvgIpc) is 3.19. The SMILES string of the molecule is COC(=O)c1ccc(F)c(OC)c1NC(=O)c1nnn(-c2ccccc2)n1. The van der Waals surface area contributed by atoms with E-state index in [2.05, 4.69) is 25.5 Å². The van der Waals surface area contributed by atoms with Crippen molar-refractivity contribution in [1.82, 2.24) is 20.2 Å². The summed E-state index contributed by atoms with van der Waals surface area (Å²) in [5.74, 6) is -2.93. The number of amides is 1. The predicted molar refractivity (Wildman–Crippen MR) is 91.4 cm³/mol. The van der Waals surface area contributed by atoms with Gasteiger partial charge in [0, 0.05) is 0 Å². The fourth-order valence-corrected chi connectivity index (χ4v) is 2.31. The number of esters is 1. The lowest BCUT2D eigenvalue weighted by Crippen LogP contribution is -2.18. The van der Waals surface area contributed by atoms with Gasteiger partial charge in [0.1, 0.15) is 5.69 Å². The molecule has 0 bridgehead atoms. The molecule has 27 heavy (non-hydrogen) atoms. The molecule has 0 saturated carbocycles. The van der Waals surface area contributed by atoms with Crippen LogP contribution in [0.5, 0.6) is 5.75 Å². The number of nitrogens with one attached hydrogen (secondary N) is 1. The number of halogens is 1. The number of rotatable bonds is 5. The molecule has 10 heteroatoms. The van der Waals surface area contributed by atoms with Crippen molar-refractivity contribution in [1.29, 1.82) is 0 Å². The van der Waals surface area contributed by atoms with Crippen LogP contribution in [0.15, 0.2) is 42.5 Å². The summed E-state index contributed by atoms with van der Waals surface area (Å²) in [6, 6.07) is 11.0. The zero-order chi connectivity index (χ0) is 19.4. The number of anilines is 1. The first-order valence-electron chi connectivity index (χ1n) is 7.66. The minimum absolute atomic E-state index is 0.0837. The van der Waals surface area contributed by atoms with Gasteiger partial charge in [-0.2, -0.15) is 0 Å². The molecule has 9 nitrogen and oxygen atoms in total. The Morgan fingerprint density at radius 3 is 2.52 bits per heavy atom. The van der Waals surface area contributed by atoms with Gasteiger partial charge < -0.3 is 14.8 Å². The lowest BCUT2D eigenvalue weighted by molar-refractivity contribution is 0.0601. The van der Waals surface area contributed by atoms with Gasteiger partial charge in [-0.25, -0.2) is 9.18 Å². The number of hydrogen-bond acceptors (Lipinski definition) is 7. The van der Waals surface area contributed by atoms with Gasteiger partial charge in [-0.15, -0.1) is 15.0 Å². The summed E-state index contributed by atoms with van der Waals surface area (Å²) in [6.45, 7) is 0. The standard InChI is InChI=1S/C17H14FN5O4/c1-26-14-12(18)9-8-11(17(25)27-2)13(14)19-16(24)15-20-22-23(21-15)10-6-4-3-5-7-10/h3-9H,1-2H3,(H,19,24). The van der Waals surface area contributed by atoms with Crippen molar-refractivity contribution in [2.45, 2.75) is 0 Å². The number of nitrogens with zero attached hydrogens (tertiary/aromatic N) is 4. The molecule has 1 aromatic heterocycles. The maximum absolute atomic E-state index is 14.0. The van der Waals surface area contributed by atoms with E-state index in [0.717, 1.165) is 13.2 Å². The Hall–Kier alpha value is -3.82. The van der Waals surface area contributed by atoms with Crippen LogP contribution in [0, 0.1) is 5.82 Å². The van der Waals surface area contributed by atoms with E-state index in [9.17, 15) is 14.0 Å². The fraction of sp³-hybridized carbons (Fsp3) is 0.118.